The molecule has 0 radical (unpaired) electrons. The lowest BCUT2D eigenvalue weighted by molar-refractivity contribution is 0.176. The van der Waals surface area contributed by atoms with Gasteiger partial charge in [0.15, 0.2) is 0 Å². The molecule has 0 bridgehead atoms. The Balaban J connectivity index is 3.29. The molecule has 0 aromatic heterocycles. The van der Waals surface area contributed by atoms with Crippen LogP contribution in [0.25, 0.3) is 0 Å². The van der Waals surface area contributed by atoms with Crippen molar-refractivity contribution in [3.05, 3.63) is 0 Å². The van der Waals surface area contributed by atoms with Crippen molar-refractivity contribution in [2.24, 2.45) is 0 Å². The monoisotopic (exact) mass is 246 g/mol. The van der Waals surface area contributed by atoms with Crippen LogP contribution in [0.1, 0.15) is 58.8 Å². The fraction of sp³-hybridized carbons (Fsp3) is 1.00. The third-order valence-corrected chi connectivity index (χ3v) is 4.40. The second kappa shape index (κ2) is 10.3. The van der Waals surface area contributed by atoms with E-state index >= 15 is 0 Å². The molecule has 3 heteroatoms. The maximum atomic E-state index is 5.85. The van der Waals surface area contributed by atoms with Gasteiger partial charge in [0.1, 0.15) is 0 Å². The van der Waals surface area contributed by atoms with Crippen molar-refractivity contribution >= 4 is 8.56 Å². The van der Waals surface area contributed by atoms with Crippen LogP contribution in [0.4, 0.5) is 0 Å². The summed E-state index contributed by atoms with van der Waals surface area (Å²) in [7, 11) is -1.80. The molecule has 0 fully saturated rings. The molecular weight excluding hydrogens is 216 g/mol. The molecule has 0 saturated heterocycles. The van der Waals surface area contributed by atoms with E-state index in [9.17, 15) is 0 Å². The van der Waals surface area contributed by atoms with Crippen LogP contribution in [0.3, 0.4) is 0 Å². The van der Waals surface area contributed by atoms with Crippen LogP contribution in [0, 0.1) is 0 Å². The molecule has 0 N–H and O–H groups in total. The zero-order chi connectivity index (χ0) is 12.3. The van der Waals surface area contributed by atoms with E-state index in [1.165, 1.54) is 38.5 Å². The van der Waals surface area contributed by atoms with E-state index in [1.54, 1.807) is 0 Å². The Labute approximate surface area is 103 Å². The summed E-state index contributed by atoms with van der Waals surface area (Å²) in [6.07, 6.45) is 9.01. The third-order valence-electron chi connectivity index (χ3n) is 2.60. The van der Waals surface area contributed by atoms with Crippen molar-refractivity contribution in [3.63, 3.8) is 0 Å². The molecule has 0 rings (SSSR count). The fourth-order valence-electron chi connectivity index (χ4n) is 1.59. The first-order chi connectivity index (χ1) is 7.62. The van der Waals surface area contributed by atoms with Gasteiger partial charge in [-0.2, -0.15) is 0 Å². The first kappa shape index (κ1) is 16.1. The quantitative estimate of drug-likeness (QED) is 0.395. The molecule has 16 heavy (non-hydrogen) atoms. The molecule has 0 aliphatic carbocycles. The molecule has 0 saturated carbocycles. The summed E-state index contributed by atoms with van der Waals surface area (Å²) < 4.78 is 11.6. The Hall–Kier alpha value is 0.137. The molecule has 0 amide bonds. The summed E-state index contributed by atoms with van der Waals surface area (Å²) in [5, 5.41) is 0. The zero-order valence-corrected chi connectivity index (χ0v) is 12.7. The van der Waals surface area contributed by atoms with Crippen molar-refractivity contribution in [1.29, 1.82) is 0 Å². The molecule has 0 heterocycles. The van der Waals surface area contributed by atoms with Crippen LogP contribution in [0.15, 0.2) is 0 Å². The summed E-state index contributed by atoms with van der Waals surface area (Å²) in [6.45, 7) is 10.4. The first-order valence-corrected chi connectivity index (χ1v) is 9.72. The summed E-state index contributed by atoms with van der Waals surface area (Å²) in [5.74, 6) is 0. The highest BCUT2D eigenvalue weighted by atomic mass is 28.4. The van der Waals surface area contributed by atoms with Crippen molar-refractivity contribution in [2.75, 3.05) is 13.2 Å². The molecule has 98 valence electrons. The van der Waals surface area contributed by atoms with Gasteiger partial charge in [0.2, 0.25) is 0 Å². The van der Waals surface area contributed by atoms with Crippen molar-refractivity contribution in [1.82, 2.24) is 0 Å². The maximum absolute atomic E-state index is 5.85. The van der Waals surface area contributed by atoms with Gasteiger partial charge in [0.25, 0.3) is 0 Å². The molecule has 0 unspecified atom stereocenters. The lowest BCUT2D eigenvalue weighted by Crippen LogP contribution is -2.35. The molecule has 0 spiro atoms. The van der Waals surface area contributed by atoms with E-state index in [4.69, 9.17) is 8.85 Å². The van der Waals surface area contributed by atoms with Gasteiger partial charge in [-0.25, -0.2) is 0 Å². The molecule has 0 aliphatic heterocycles. The average Bonchev–Trinajstić information content (AvgIpc) is 2.25. The topological polar surface area (TPSA) is 18.5 Å². The van der Waals surface area contributed by atoms with Gasteiger partial charge < -0.3 is 8.85 Å². The predicted octanol–water partition coefficient (Wildman–Crippen LogP) is 4.49. The van der Waals surface area contributed by atoms with E-state index in [0.717, 1.165) is 19.6 Å². The first-order valence-electron chi connectivity index (χ1n) is 6.90. The third kappa shape index (κ3) is 10.6. The Kier molecular flexibility index (Phi) is 10.4. The lowest BCUT2D eigenvalue weighted by Gasteiger charge is -2.22. The normalized spacial score (nSPS) is 12.0. The molecule has 0 aliphatic rings. The van der Waals surface area contributed by atoms with E-state index < -0.39 is 8.56 Å². The van der Waals surface area contributed by atoms with Gasteiger partial charge in [-0.1, -0.05) is 46.0 Å². The Morgan fingerprint density at radius 1 is 0.688 bits per heavy atom. The summed E-state index contributed by atoms with van der Waals surface area (Å²) in [4.78, 5) is 0. The molecular formula is C13H30O2Si. The van der Waals surface area contributed by atoms with Gasteiger partial charge in [0.05, 0.1) is 0 Å². The summed E-state index contributed by atoms with van der Waals surface area (Å²) in [6, 6.07) is 0. The number of hydrogen-bond acceptors (Lipinski definition) is 2. The summed E-state index contributed by atoms with van der Waals surface area (Å²) >= 11 is 0. The van der Waals surface area contributed by atoms with E-state index in [0.29, 0.717) is 0 Å². The minimum Gasteiger partial charge on any atom is -0.395 e. The minimum atomic E-state index is -1.80. The van der Waals surface area contributed by atoms with Gasteiger partial charge in [-0.3, -0.25) is 0 Å². The average molecular weight is 246 g/mol. The van der Waals surface area contributed by atoms with Crippen LogP contribution in [-0.2, 0) is 8.85 Å². The number of unbranched alkanes of at least 4 members (excludes halogenated alkanes) is 5. The van der Waals surface area contributed by atoms with Crippen molar-refractivity contribution in [3.8, 4) is 0 Å². The molecule has 0 aromatic rings. The molecule has 0 atom stereocenters. The number of rotatable bonds is 11. The van der Waals surface area contributed by atoms with Gasteiger partial charge >= 0.3 is 8.56 Å². The van der Waals surface area contributed by atoms with Gasteiger partial charge in [0, 0.05) is 13.2 Å². The van der Waals surface area contributed by atoms with Crippen LogP contribution in [-0.4, -0.2) is 21.8 Å². The second-order valence-electron chi connectivity index (χ2n) is 4.86. The Morgan fingerprint density at radius 2 is 1.25 bits per heavy atom. The van der Waals surface area contributed by atoms with Crippen LogP contribution < -0.4 is 0 Å². The van der Waals surface area contributed by atoms with Gasteiger partial charge in [-0.15, -0.1) is 0 Å². The number of hydrogen-bond donors (Lipinski definition) is 0. The summed E-state index contributed by atoms with van der Waals surface area (Å²) in [5.41, 5.74) is 0. The Morgan fingerprint density at radius 3 is 1.88 bits per heavy atom. The Bertz CT molecular complexity index is 149. The van der Waals surface area contributed by atoms with E-state index in [-0.39, 0.29) is 0 Å². The maximum Gasteiger partial charge on any atom is 0.331 e. The van der Waals surface area contributed by atoms with Gasteiger partial charge in [-0.05, 0) is 25.9 Å². The zero-order valence-electron chi connectivity index (χ0n) is 11.7. The van der Waals surface area contributed by atoms with E-state index in [1.807, 2.05) is 0 Å². The fourth-order valence-corrected chi connectivity index (χ4v) is 3.00. The van der Waals surface area contributed by atoms with Crippen LogP contribution in [0.2, 0.25) is 13.1 Å². The van der Waals surface area contributed by atoms with Crippen LogP contribution in [0.5, 0.6) is 0 Å². The molecule has 0 aromatic carbocycles. The van der Waals surface area contributed by atoms with E-state index in [2.05, 4.69) is 26.9 Å². The standard InChI is InChI=1S/C13H30O2Si/c1-5-7-8-9-10-11-13-15-16(3,4)14-12-6-2/h5-13H2,1-4H3. The van der Waals surface area contributed by atoms with Crippen molar-refractivity contribution < 1.29 is 8.85 Å². The SMILES string of the molecule is CCCCCCCCO[Si](C)(C)OCCC. The highest BCUT2D eigenvalue weighted by Gasteiger charge is 2.23. The lowest BCUT2D eigenvalue weighted by atomic mass is 10.1. The highest BCUT2D eigenvalue weighted by molar-refractivity contribution is 6.64. The predicted molar refractivity (Wildman–Crippen MR) is 73.1 cm³/mol. The van der Waals surface area contributed by atoms with Crippen molar-refractivity contribution in [2.45, 2.75) is 71.9 Å². The van der Waals surface area contributed by atoms with Crippen LogP contribution >= 0.6 is 0 Å². The largest absolute Gasteiger partial charge is 0.395 e. The highest BCUT2D eigenvalue weighted by Crippen LogP contribution is 2.10. The second-order valence-corrected chi connectivity index (χ2v) is 8.24. The smallest absolute Gasteiger partial charge is 0.331 e. The minimum absolute atomic E-state index is 0.843. The molecule has 2 nitrogen and oxygen atoms in total.